The summed E-state index contributed by atoms with van der Waals surface area (Å²) in [7, 11) is 0. The van der Waals surface area contributed by atoms with Crippen molar-refractivity contribution in [1.82, 2.24) is 9.97 Å². The number of aromatic nitrogens is 2. The maximum absolute atomic E-state index is 11.2. The highest BCUT2D eigenvalue weighted by Gasteiger charge is 2.51. The normalized spacial score (nSPS) is 20.5. The lowest BCUT2D eigenvalue weighted by atomic mass is 9.49. The van der Waals surface area contributed by atoms with Gasteiger partial charge in [-0.3, -0.25) is 0 Å². The molecule has 1 aromatic heterocycles. The molecule has 0 saturated heterocycles. The van der Waals surface area contributed by atoms with Gasteiger partial charge in [0.1, 0.15) is 0 Å². The highest BCUT2D eigenvalue weighted by molar-refractivity contribution is 5.79. The maximum Gasteiger partial charge on any atom is 0.323 e. The van der Waals surface area contributed by atoms with Gasteiger partial charge in [0.05, 0.1) is 11.0 Å². The molecule has 3 rings (SSSR count). The van der Waals surface area contributed by atoms with Crippen molar-refractivity contribution in [2.75, 3.05) is 0 Å². The lowest BCUT2D eigenvalue weighted by Gasteiger charge is -2.54. The van der Waals surface area contributed by atoms with Gasteiger partial charge in [0, 0.05) is 0 Å². The molecule has 1 heterocycles. The van der Waals surface area contributed by atoms with E-state index in [2.05, 4.69) is 49.8 Å². The standard InChI is InChI=1S/C13H16N2O/c1-12(2)7-5-9-10(15-11(16)14-9)6-8(7)13(12,3)4/h5-6H,1-4H3,(H2,14,15,16). The van der Waals surface area contributed by atoms with E-state index in [0.717, 1.165) is 11.0 Å². The van der Waals surface area contributed by atoms with Gasteiger partial charge in [-0.2, -0.15) is 0 Å². The Bertz CT molecular complexity index is 589. The molecule has 3 heteroatoms. The van der Waals surface area contributed by atoms with Crippen LogP contribution in [0.1, 0.15) is 38.8 Å². The van der Waals surface area contributed by atoms with Gasteiger partial charge in [-0.25, -0.2) is 4.79 Å². The summed E-state index contributed by atoms with van der Waals surface area (Å²) in [6.45, 7) is 9.02. The highest BCUT2D eigenvalue weighted by Crippen LogP contribution is 2.56. The Kier molecular flexibility index (Phi) is 1.47. The smallest absolute Gasteiger partial charge is 0.306 e. The first kappa shape index (κ1) is 9.70. The first-order valence-corrected chi connectivity index (χ1v) is 5.61. The van der Waals surface area contributed by atoms with Crippen LogP contribution in [0.15, 0.2) is 16.9 Å². The SMILES string of the molecule is CC1(C)c2cc3[nH]c(=O)[nH]c3cc2C1(C)C. The van der Waals surface area contributed by atoms with Crippen molar-refractivity contribution in [2.24, 2.45) is 0 Å². The van der Waals surface area contributed by atoms with E-state index in [1.165, 1.54) is 11.1 Å². The monoisotopic (exact) mass is 216 g/mol. The molecule has 1 aliphatic carbocycles. The molecule has 16 heavy (non-hydrogen) atoms. The van der Waals surface area contributed by atoms with Gasteiger partial charge in [0.2, 0.25) is 0 Å². The van der Waals surface area contributed by atoms with Crippen LogP contribution < -0.4 is 5.69 Å². The summed E-state index contributed by atoms with van der Waals surface area (Å²) in [5.41, 5.74) is 4.73. The Hall–Kier alpha value is -1.51. The molecule has 0 amide bonds. The third-order valence-corrected chi connectivity index (χ3v) is 4.56. The first-order valence-electron chi connectivity index (χ1n) is 5.61. The summed E-state index contributed by atoms with van der Waals surface area (Å²) >= 11 is 0. The van der Waals surface area contributed by atoms with Crippen molar-refractivity contribution in [1.29, 1.82) is 0 Å². The summed E-state index contributed by atoms with van der Waals surface area (Å²) in [5.74, 6) is 0. The van der Waals surface area contributed by atoms with Crippen LogP contribution in [0.25, 0.3) is 11.0 Å². The number of benzene rings is 1. The molecular weight excluding hydrogens is 200 g/mol. The number of hydrogen-bond acceptors (Lipinski definition) is 1. The second-order valence-electron chi connectivity index (χ2n) is 5.77. The molecule has 0 fully saturated rings. The van der Waals surface area contributed by atoms with Crippen LogP contribution in [0.3, 0.4) is 0 Å². The Morgan fingerprint density at radius 1 is 0.875 bits per heavy atom. The van der Waals surface area contributed by atoms with Gasteiger partial charge in [-0.05, 0) is 34.1 Å². The average Bonchev–Trinajstić information content (AvgIpc) is 2.54. The largest absolute Gasteiger partial charge is 0.323 e. The molecule has 1 aromatic carbocycles. The minimum Gasteiger partial charge on any atom is -0.306 e. The Labute approximate surface area is 93.9 Å². The second kappa shape index (κ2) is 2.42. The van der Waals surface area contributed by atoms with Crippen molar-refractivity contribution in [3.63, 3.8) is 0 Å². The molecular formula is C13H16N2O. The van der Waals surface area contributed by atoms with Crippen molar-refractivity contribution >= 4 is 11.0 Å². The van der Waals surface area contributed by atoms with Crippen LogP contribution >= 0.6 is 0 Å². The molecule has 0 unspecified atom stereocenters. The summed E-state index contributed by atoms with van der Waals surface area (Å²) in [6, 6.07) is 4.21. The minimum atomic E-state index is -0.129. The topological polar surface area (TPSA) is 48.6 Å². The van der Waals surface area contributed by atoms with Gasteiger partial charge in [-0.1, -0.05) is 27.7 Å². The molecule has 2 aromatic rings. The zero-order valence-electron chi connectivity index (χ0n) is 10.1. The third kappa shape index (κ3) is 0.872. The Morgan fingerprint density at radius 3 is 1.62 bits per heavy atom. The predicted molar refractivity (Wildman–Crippen MR) is 65.0 cm³/mol. The second-order valence-corrected chi connectivity index (χ2v) is 5.77. The fourth-order valence-electron chi connectivity index (χ4n) is 2.73. The van der Waals surface area contributed by atoms with E-state index in [1.807, 2.05) is 0 Å². The highest BCUT2D eigenvalue weighted by atomic mass is 16.1. The van der Waals surface area contributed by atoms with Crippen LogP contribution in [-0.2, 0) is 10.8 Å². The molecule has 0 aliphatic heterocycles. The number of fused-ring (bicyclic) bond motifs is 2. The first-order chi connectivity index (χ1) is 7.34. The fraction of sp³-hybridized carbons (Fsp3) is 0.462. The molecule has 1 aliphatic rings. The molecule has 0 atom stereocenters. The number of rotatable bonds is 0. The van der Waals surface area contributed by atoms with Crippen molar-refractivity contribution in [2.45, 2.75) is 38.5 Å². The maximum atomic E-state index is 11.2. The molecule has 0 spiro atoms. The van der Waals surface area contributed by atoms with Gasteiger partial charge in [0.15, 0.2) is 0 Å². The Morgan fingerprint density at radius 2 is 1.25 bits per heavy atom. The molecule has 0 saturated carbocycles. The quantitative estimate of drug-likeness (QED) is 0.698. The van der Waals surface area contributed by atoms with Crippen LogP contribution in [0.2, 0.25) is 0 Å². The van der Waals surface area contributed by atoms with E-state index < -0.39 is 0 Å². The van der Waals surface area contributed by atoms with E-state index in [1.54, 1.807) is 0 Å². The van der Waals surface area contributed by atoms with E-state index in [-0.39, 0.29) is 16.5 Å². The fourth-order valence-corrected chi connectivity index (χ4v) is 2.73. The molecule has 3 nitrogen and oxygen atoms in total. The van der Waals surface area contributed by atoms with Crippen molar-refractivity contribution < 1.29 is 0 Å². The van der Waals surface area contributed by atoms with Crippen molar-refractivity contribution in [3.8, 4) is 0 Å². The van der Waals surface area contributed by atoms with E-state index in [4.69, 9.17) is 0 Å². The zero-order valence-corrected chi connectivity index (χ0v) is 10.1. The lowest BCUT2D eigenvalue weighted by Crippen LogP contribution is -2.50. The summed E-state index contributed by atoms with van der Waals surface area (Å²) < 4.78 is 0. The molecule has 0 radical (unpaired) electrons. The van der Waals surface area contributed by atoms with Crippen LogP contribution in [0.5, 0.6) is 0 Å². The molecule has 84 valence electrons. The average molecular weight is 216 g/mol. The minimum absolute atomic E-state index is 0.129. The third-order valence-electron chi connectivity index (χ3n) is 4.56. The number of hydrogen-bond donors (Lipinski definition) is 2. The zero-order chi connectivity index (χ0) is 11.7. The number of nitrogens with one attached hydrogen (secondary N) is 2. The number of aromatic amines is 2. The van der Waals surface area contributed by atoms with E-state index in [9.17, 15) is 4.79 Å². The van der Waals surface area contributed by atoms with Crippen molar-refractivity contribution in [3.05, 3.63) is 33.7 Å². The van der Waals surface area contributed by atoms with Gasteiger partial charge >= 0.3 is 5.69 Å². The van der Waals surface area contributed by atoms with Crippen LogP contribution in [-0.4, -0.2) is 9.97 Å². The molecule has 0 bridgehead atoms. The lowest BCUT2D eigenvalue weighted by molar-refractivity contribution is 0.243. The van der Waals surface area contributed by atoms with E-state index in [0.29, 0.717) is 0 Å². The van der Waals surface area contributed by atoms with Crippen LogP contribution in [0, 0.1) is 0 Å². The van der Waals surface area contributed by atoms with Crippen LogP contribution in [0.4, 0.5) is 0 Å². The van der Waals surface area contributed by atoms with Gasteiger partial charge in [-0.15, -0.1) is 0 Å². The van der Waals surface area contributed by atoms with Gasteiger partial charge in [0.25, 0.3) is 0 Å². The van der Waals surface area contributed by atoms with Gasteiger partial charge < -0.3 is 9.97 Å². The molecule has 2 N–H and O–H groups in total. The predicted octanol–water partition coefficient (Wildman–Crippen LogP) is 2.43. The number of imidazole rings is 1. The number of H-pyrrole nitrogens is 2. The summed E-state index contributed by atoms with van der Waals surface area (Å²) in [6.07, 6.45) is 0. The summed E-state index contributed by atoms with van der Waals surface area (Å²) in [5, 5.41) is 0. The summed E-state index contributed by atoms with van der Waals surface area (Å²) in [4.78, 5) is 16.9. The van der Waals surface area contributed by atoms with E-state index >= 15 is 0 Å². The Balaban J connectivity index is 2.39.